The molecule has 2 heteroatoms. The topological polar surface area (TPSA) is 52.0 Å². The maximum absolute atomic E-state index is 6.76. The first kappa shape index (κ1) is 12.2. The zero-order valence-electron chi connectivity index (χ0n) is 11.3. The summed E-state index contributed by atoms with van der Waals surface area (Å²) in [6.07, 6.45) is 2.03. The van der Waals surface area contributed by atoms with E-state index in [1.807, 2.05) is 12.1 Å². The third kappa shape index (κ3) is 1.92. The average molecular weight is 252 g/mol. The number of rotatable bonds is 2. The molecule has 2 aromatic rings. The highest BCUT2D eigenvalue weighted by molar-refractivity contribution is 5.51. The zero-order valence-corrected chi connectivity index (χ0v) is 11.3. The number of anilines is 1. The Bertz CT molecular complexity index is 591. The maximum Gasteiger partial charge on any atom is 0.0483 e. The first-order valence-corrected chi connectivity index (χ1v) is 6.84. The van der Waals surface area contributed by atoms with E-state index in [4.69, 9.17) is 11.5 Å². The van der Waals surface area contributed by atoms with Crippen LogP contribution in [0.5, 0.6) is 0 Å². The van der Waals surface area contributed by atoms with Crippen molar-refractivity contribution >= 4 is 5.69 Å². The maximum atomic E-state index is 6.76. The van der Waals surface area contributed by atoms with Gasteiger partial charge in [-0.25, -0.2) is 0 Å². The quantitative estimate of drug-likeness (QED) is 0.807. The Morgan fingerprint density at radius 3 is 2.58 bits per heavy atom. The summed E-state index contributed by atoms with van der Waals surface area (Å²) in [5.41, 5.74) is 17.1. The molecule has 0 aliphatic heterocycles. The summed E-state index contributed by atoms with van der Waals surface area (Å²) in [5, 5.41) is 0. The van der Waals surface area contributed by atoms with Gasteiger partial charge in [0.1, 0.15) is 0 Å². The van der Waals surface area contributed by atoms with E-state index in [0.717, 1.165) is 18.5 Å². The number of nitrogen functional groups attached to an aromatic ring is 1. The normalized spacial score (nSPS) is 23.1. The summed E-state index contributed by atoms with van der Waals surface area (Å²) in [6.45, 7) is 2.22. The molecule has 0 spiro atoms. The Labute approximate surface area is 114 Å². The van der Waals surface area contributed by atoms with Crippen LogP contribution in [0.4, 0.5) is 5.69 Å². The first-order chi connectivity index (χ1) is 9.11. The van der Waals surface area contributed by atoms with Crippen LogP contribution in [0.3, 0.4) is 0 Å². The molecular weight excluding hydrogens is 232 g/mol. The number of hydrogen-bond acceptors (Lipinski definition) is 2. The van der Waals surface area contributed by atoms with E-state index in [-0.39, 0.29) is 11.5 Å². The minimum absolute atomic E-state index is 0.289. The van der Waals surface area contributed by atoms with Crippen molar-refractivity contribution in [3.63, 3.8) is 0 Å². The van der Waals surface area contributed by atoms with Crippen molar-refractivity contribution in [2.45, 2.75) is 31.2 Å². The van der Waals surface area contributed by atoms with Gasteiger partial charge in [-0.15, -0.1) is 0 Å². The van der Waals surface area contributed by atoms with Gasteiger partial charge in [-0.3, -0.25) is 0 Å². The molecule has 0 fully saturated rings. The highest BCUT2D eigenvalue weighted by Crippen LogP contribution is 2.44. The van der Waals surface area contributed by atoms with Crippen molar-refractivity contribution in [2.75, 3.05) is 5.73 Å². The van der Waals surface area contributed by atoms with Gasteiger partial charge in [0, 0.05) is 17.1 Å². The molecule has 1 aliphatic rings. The van der Waals surface area contributed by atoms with E-state index in [1.54, 1.807) is 0 Å². The fourth-order valence-electron chi connectivity index (χ4n) is 3.21. The van der Waals surface area contributed by atoms with Crippen LogP contribution in [0.15, 0.2) is 48.5 Å². The Morgan fingerprint density at radius 1 is 1.11 bits per heavy atom. The van der Waals surface area contributed by atoms with Crippen LogP contribution in [-0.4, -0.2) is 0 Å². The van der Waals surface area contributed by atoms with Crippen LogP contribution in [0, 0.1) is 0 Å². The van der Waals surface area contributed by atoms with Crippen LogP contribution in [0.1, 0.15) is 36.0 Å². The molecule has 1 aliphatic carbocycles. The molecular formula is C17H20N2. The smallest absolute Gasteiger partial charge is 0.0483 e. The third-order valence-corrected chi connectivity index (χ3v) is 4.52. The first-order valence-electron chi connectivity index (χ1n) is 6.84. The summed E-state index contributed by atoms with van der Waals surface area (Å²) in [5.74, 6) is 0.289. The molecule has 0 amide bonds. The molecule has 0 aromatic heterocycles. The van der Waals surface area contributed by atoms with Gasteiger partial charge in [-0.1, -0.05) is 43.3 Å². The Balaban J connectivity index is 2.05. The molecule has 0 bridgehead atoms. The van der Waals surface area contributed by atoms with Crippen molar-refractivity contribution < 1.29 is 0 Å². The molecule has 98 valence electrons. The van der Waals surface area contributed by atoms with Crippen LogP contribution in [0.2, 0.25) is 0 Å². The summed E-state index contributed by atoms with van der Waals surface area (Å²) in [7, 11) is 0. The van der Waals surface area contributed by atoms with Crippen LogP contribution >= 0.6 is 0 Å². The highest BCUT2D eigenvalue weighted by atomic mass is 14.8. The molecule has 0 saturated heterocycles. The van der Waals surface area contributed by atoms with Gasteiger partial charge in [-0.05, 0) is 41.7 Å². The van der Waals surface area contributed by atoms with Crippen molar-refractivity contribution in [3.05, 3.63) is 65.2 Å². The third-order valence-electron chi connectivity index (χ3n) is 4.52. The van der Waals surface area contributed by atoms with Crippen molar-refractivity contribution in [3.8, 4) is 0 Å². The van der Waals surface area contributed by atoms with Crippen molar-refractivity contribution in [2.24, 2.45) is 5.73 Å². The second kappa shape index (κ2) is 4.39. The number of fused-ring (bicyclic) bond motifs is 1. The predicted octanol–water partition coefficient (Wildman–Crippen LogP) is 3.17. The number of benzene rings is 2. The highest BCUT2D eigenvalue weighted by Gasteiger charge is 2.40. The predicted molar refractivity (Wildman–Crippen MR) is 79.9 cm³/mol. The molecule has 1 unspecified atom stereocenters. The lowest BCUT2D eigenvalue weighted by Crippen LogP contribution is -2.39. The second-order valence-corrected chi connectivity index (χ2v) is 5.59. The Hall–Kier alpha value is -1.80. The van der Waals surface area contributed by atoms with Gasteiger partial charge in [0.05, 0.1) is 0 Å². The van der Waals surface area contributed by atoms with E-state index >= 15 is 0 Å². The van der Waals surface area contributed by atoms with Crippen molar-refractivity contribution in [1.82, 2.24) is 0 Å². The SMILES string of the molecule is C[C@H](c1ccccc1)C1(N)CCc2ccc(N)cc21. The molecule has 0 radical (unpaired) electrons. The number of aryl methyl sites for hydroxylation is 1. The minimum atomic E-state index is -0.300. The molecule has 2 atom stereocenters. The Kier molecular flexibility index (Phi) is 2.83. The van der Waals surface area contributed by atoms with Gasteiger partial charge >= 0.3 is 0 Å². The molecule has 2 aromatic carbocycles. The largest absolute Gasteiger partial charge is 0.399 e. The van der Waals surface area contributed by atoms with E-state index < -0.39 is 0 Å². The van der Waals surface area contributed by atoms with Crippen LogP contribution < -0.4 is 11.5 Å². The Morgan fingerprint density at radius 2 is 1.84 bits per heavy atom. The average Bonchev–Trinajstić information content (AvgIpc) is 2.77. The monoisotopic (exact) mass is 252 g/mol. The lowest BCUT2D eigenvalue weighted by Gasteiger charge is -2.33. The fourth-order valence-corrected chi connectivity index (χ4v) is 3.21. The van der Waals surface area contributed by atoms with Crippen LogP contribution in [-0.2, 0) is 12.0 Å². The minimum Gasteiger partial charge on any atom is -0.399 e. The lowest BCUT2D eigenvalue weighted by atomic mass is 9.77. The van der Waals surface area contributed by atoms with E-state index in [1.165, 1.54) is 16.7 Å². The van der Waals surface area contributed by atoms with Gasteiger partial charge in [-0.2, -0.15) is 0 Å². The fraction of sp³-hybridized carbons (Fsp3) is 0.294. The zero-order chi connectivity index (χ0) is 13.5. The molecule has 0 heterocycles. The standard InChI is InChI=1S/C17H20N2/c1-12(13-5-3-2-4-6-13)17(19)10-9-14-7-8-15(18)11-16(14)17/h2-8,11-12H,9-10,18-19H2,1H3/t12-,17?/m1/s1. The summed E-state index contributed by atoms with van der Waals surface area (Å²) >= 11 is 0. The van der Waals surface area contributed by atoms with E-state index in [9.17, 15) is 0 Å². The van der Waals surface area contributed by atoms with Gasteiger partial charge < -0.3 is 11.5 Å². The summed E-state index contributed by atoms with van der Waals surface area (Å²) in [6, 6.07) is 16.7. The van der Waals surface area contributed by atoms with E-state index in [0.29, 0.717) is 0 Å². The van der Waals surface area contributed by atoms with Gasteiger partial charge in [0.25, 0.3) is 0 Å². The molecule has 0 saturated carbocycles. The van der Waals surface area contributed by atoms with E-state index in [2.05, 4.69) is 43.3 Å². The number of nitrogens with two attached hydrogens (primary N) is 2. The molecule has 2 nitrogen and oxygen atoms in total. The molecule has 4 N–H and O–H groups in total. The summed E-state index contributed by atoms with van der Waals surface area (Å²) in [4.78, 5) is 0. The molecule has 3 rings (SSSR count). The van der Waals surface area contributed by atoms with Crippen molar-refractivity contribution in [1.29, 1.82) is 0 Å². The lowest BCUT2D eigenvalue weighted by molar-refractivity contribution is 0.371. The second-order valence-electron chi connectivity index (χ2n) is 5.59. The van der Waals surface area contributed by atoms with Gasteiger partial charge in [0.15, 0.2) is 0 Å². The molecule has 19 heavy (non-hydrogen) atoms. The van der Waals surface area contributed by atoms with Crippen LogP contribution in [0.25, 0.3) is 0 Å². The van der Waals surface area contributed by atoms with Gasteiger partial charge in [0.2, 0.25) is 0 Å². The number of hydrogen-bond donors (Lipinski definition) is 2. The summed E-state index contributed by atoms with van der Waals surface area (Å²) < 4.78 is 0.